The first-order valence-corrected chi connectivity index (χ1v) is 11.8. The second-order valence-corrected chi connectivity index (χ2v) is 11.2. The second-order valence-electron chi connectivity index (χ2n) is 10.0. The number of primary amides is 1. The van der Waals surface area contributed by atoms with Gasteiger partial charge in [0, 0.05) is 11.5 Å². The van der Waals surface area contributed by atoms with Gasteiger partial charge in [0.2, 0.25) is 5.91 Å². The molecule has 0 saturated heterocycles. The van der Waals surface area contributed by atoms with Crippen LogP contribution in [0, 0.1) is 29.0 Å². The number of benzene rings is 1. The highest BCUT2D eigenvalue weighted by Crippen LogP contribution is 2.50. The molecule has 2 aliphatic carbocycles. The average Bonchev–Trinajstić information content (AvgIpc) is 2.69. The van der Waals surface area contributed by atoms with E-state index in [0.29, 0.717) is 22.8 Å². The first kappa shape index (κ1) is 25.8. The minimum absolute atomic E-state index is 0.105. The summed E-state index contributed by atoms with van der Waals surface area (Å²) in [7, 11) is 3.81. The van der Waals surface area contributed by atoms with E-state index >= 15 is 0 Å². The van der Waals surface area contributed by atoms with Gasteiger partial charge in [0.15, 0.2) is 0 Å². The second kappa shape index (κ2) is 10.5. The monoisotopic (exact) mass is 451 g/mol. The minimum atomic E-state index is -0.604. The van der Waals surface area contributed by atoms with Gasteiger partial charge >= 0.3 is 0 Å². The van der Waals surface area contributed by atoms with Gasteiger partial charge in [-0.3, -0.25) is 4.79 Å². The Morgan fingerprint density at radius 2 is 1.97 bits per heavy atom. The molecule has 5 atom stereocenters. The Bertz CT molecular complexity index is 773. The molecule has 0 aromatic heterocycles. The molecule has 1 aromatic carbocycles. The number of fused-ring (bicyclic) bond motifs is 2. The Labute approximate surface area is 190 Å². The van der Waals surface area contributed by atoms with Crippen molar-refractivity contribution < 1.29 is 14.0 Å². The van der Waals surface area contributed by atoms with E-state index in [1.165, 1.54) is 30.9 Å². The first-order valence-electron chi connectivity index (χ1n) is 11.0. The summed E-state index contributed by atoms with van der Waals surface area (Å²) >= 11 is 1.23. The number of likely N-dealkylation sites (N-methyl/N-ethyl adjacent to an activating group) is 1. The number of halogens is 1. The summed E-state index contributed by atoms with van der Waals surface area (Å²) in [5, 5.41) is 3.43. The highest BCUT2D eigenvalue weighted by Gasteiger charge is 2.47. The van der Waals surface area contributed by atoms with E-state index in [2.05, 4.69) is 19.2 Å². The smallest absolute Gasteiger partial charge is 0.223 e. The Balaban J connectivity index is 0.000000221. The van der Waals surface area contributed by atoms with E-state index in [4.69, 9.17) is 5.73 Å². The molecular formula is C24H38FN3O2S. The summed E-state index contributed by atoms with van der Waals surface area (Å²) in [6.07, 6.45) is 5.33. The lowest BCUT2D eigenvalue weighted by Crippen LogP contribution is -2.52. The van der Waals surface area contributed by atoms with Gasteiger partial charge in [-0.15, -0.1) is 0 Å². The lowest BCUT2D eigenvalue weighted by Gasteiger charge is -2.49. The maximum atomic E-state index is 13.3. The maximum absolute atomic E-state index is 13.3. The number of carbonyl (C=O) groups excluding carboxylic acids is 2. The number of rotatable bonds is 6. The third kappa shape index (κ3) is 6.30. The highest BCUT2D eigenvalue weighted by molar-refractivity contribution is 7.97. The van der Waals surface area contributed by atoms with Gasteiger partial charge in [-0.25, -0.2) is 8.70 Å². The van der Waals surface area contributed by atoms with Crippen molar-refractivity contribution in [3.05, 3.63) is 30.1 Å². The zero-order valence-corrected chi connectivity index (χ0v) is 20.5. The molecule has 2 saturated carbocycles. The van der Waals surface area contributed by atoms with Crippen LogP contribution in [0.5, 0.6) is 0 Å². The van der Waals surface area contributed by atoms with E-state index in [-0.39, 0.29) is 17.1 Å². The number of hydrogen-bond donors (Lipinski definition) is 2. The van der Waals surface area contributed by atoms with Crippen LogP contribution in [0.2, 0.25) is 0 Å². The molecule has 2 bridgehead atoms. The number of carbonyl (C=O) groups is 2. The average molecular weight is 452 g/mol. The zero-order valence-electron chi connectivity index (χ0n) is 19.7. The third-order valence-electron chi connectivity index (χ3n) is 7.01. The molecule has 2 fully saturated rings. The molecule has 174 valence electrons. The number of aldehydes is 1. The van der Waals surface area contributed by atoms with Gasteiger partial charge in [-0.05, 0) is 95.5 Å². The van der Waals surface area contributed by atoms with E-state index in [9.17, 15) is 14.0 Å². The number of nitrogens with zero attached hydrogens (tertiary/aromatic N) is 1. The van der Waals surface area contributed by atoms with Gasteiger partial charge in [0.25, 0.3) is 0 Å². The largest absolute Gasteiger partial charge is 0.369 e. The quantitative estimate of drug-likeness (QED) is 0.499. The molecule has 0 heterocycles. The van der Waals surface area contributed by atoms with E-state index in [0.717, 1.165) is 25.0 Å². The molecule has 7 heteroatoms. The Morgan fingerprint density at radius 3 is 2.52 bits per heavy atom. The van der Waals surface area contributed by atoms with Crippen molar-refractivity contribution in [1.29, 1.82) is 0 Å². The van der Waals surface area contributed by atoms with Crippen molar-refractivity contribution in [1.82, 2.24) is 9.62 Å². The molecule has 0 spiro atoms. The summed E-state index contributed by atoms with van der Waals surface area (Å²) in [6.45, 7) is 7.95. The topological polar surface area (TPSA) is 75.4 Å². The van der Waals surface area contributed by atoms with Gasteiger partial charge in [0.1, 0.15) is 12.1 Å². The fourth-order valence-corrected chi connectivity index (χ4v) is 5.93. The normalized spacial score (nSPS) is 30.3. The fourth-order valence-electron chi connectivity index (χ4n) is 5.06. The van der Waals surface area contributed by atoms with Crippen molar-refractivity contribution in [3.8, 4) is 0 Å². The number of hydrogen-bond acceptors (Lipinski definition) is 5. The molecule has 5 nitrogen and oxygen atoms in total. The van der Waals surface area contributed by atoms with E-state index in [1.807, 2.05) is 7.05 Å². The fraction of sp³-hybridized carbons (Fsp3) is 0.667. The summed E-state index contributed by atoms with van der Waals surface area (Å²) in [5.74, 6) is 1.69. The van der Waals surface area contributed by atoms with Crippen LogP contribution in [0.1, 0.15) is 53.4 Å². The summed E-state index contributed by atoms with van der Waals surface area (Å²) in [6, 6.07) is 7.08. The van der Waals surface area contributed by atoms with Crippen LogP contribution in [0.25, 0.3) is 0 Å². The van der Waals surface area contributed by atoms with Crippen LogP contribution in [-0.2, 0) is 9.59 Å². The van der Waals surface area contributed by atoms with Crippen LogP contribution in [0.3, 0.4) is 0 Å². The molecule has 5 unspecified atom stereocenters. The molecule has 3 rings (SSSR count). The van der Waals surface area contributed by atoms with Crippen molar-refractivity contribution >= 4 is 24.1 Å². The highest BCUT2D eigenvalue weighted by atomic mass is 32.2. The standard InChI is InChI=1S/C13H24N2O.C11H14FNOS/c1-8-4-9-5-10(11(8)15-3)7-13(2,6-9)12(14)16;1-11(2,8-14)13(3)15-10-7-5-4-6-9(10)12/h8-11,15H,4-7H2,1-3H3,(H2,14,16);4-8H,1-3H3. The summed E-state index contributed by atoms with van der Waals surface area (Å²) < 4.78 is 15.0. The lowest BCUT2D eigenvalue weighted by atomic mass is 9.57. The number of amides is 1. The molecule has 31 heavy (non-hydrogen) atoms. The molecule has 0 aliphatic heterocycles. The summed E-state index contributed by atoms with van der Waals surface area (Å²) in [5.41, 5.74) is 4.70. The lowest BCUT2D eigenvalue weighted by molar-refractivity contribution is -0.132. The van der Waals surface area contributed by atoms with Crippen molar-refractivity contribution in [2.75, 3.05) is 14.1 Å². The van der Waals surface area contributed by atoms with Crippen LogP contribution in [-0.4, -0.2) is 42.2 Å². The van der Waals surface area contributed by atoms with Crippen molar-refractivity contribution in [3.63, 3.8) is 0 Å². The van der Waals surface area contributed by atoms with E-state index < -0.39 is 5.54 Å². The molecule has 3 N–H and O–H groups in total. The van der Waals surface area contributed by atoms with Crippen LogP contribution < -0.4 is 11.1 Å². The molecule has 0 radical (unpaired) electrons. The molecule has 1 aromatic rings. The SMILES string of the molecule is CN(Sc1ccccc1F)C(C)(C)C=O.CNC1C(C)CC2CC1CC(C)(C(N)=O)C2. The summed E-state index contributed by atoms with van der Waals surface area (Å²) in [4.78, 5) is 22.9. The molecular weight excluding hydrogens is 413 g/mol. The molecule has 2 aliphatic rings. The van der Waals surface area contributed by atoms with Crippen LogP contribution in [0.4, 0.5) is 4.39 Å². The van der Waals surface area contributed by atoms with Crippen LogP contribution in [0.15, 0.2) is 29.2 Å². The van der Waals surface area contributed by atoms with Gasteiger partial charge < -0.3 is 15.8 Å². The number of nitrogens with one attached hydrogen (secondary N) is 1. The Hall–Kier alpha value is -1.44. The predicted molar refractivity (Wildman–Crippen MR) is 125 cm³/mol. The van der Waals surface area contributed by atoms with Gasteiger partial charge in [-0.1, -0.05) is 26.0 Å². The van der Waals surface area contributed by atoms with Gasteiger partial charge in [-0.2, -0.15) is 0 Å². The Kier molecular flexibility index (Phi) is 8.70. The van der Waals surface area contributed by atoms with Crippen molar-refractivity contribution in [2.45, 2.75) is 69.9 Å². The first-order chi connectivity index (χ1) is 14.4. The van der Waals surface area contributed by atoms with Crippen molar-refractivity contribution in [2.24, 2.45) is 28.9 Å². The predicted octanol–water partition coefficient (Wildman–Crippen LogP) is 4.26. The zero-order chi connectivity index (χ0) is 23.4. The number of nitrogens with two attached hydrogens (primary N) is 1. The van der Waals surface area contributed by atoms with E-state index in [1.54, 1.807) is 43.4 Å². The maximum Gasteiger partial charge on any atom is 0.223 e. The minimum Gasteiger partial charge on any atom is -0.369 e. The molecule has 1 amide bonds. The van der Waals surface area contributed by atoms with Gasteiger partial charge in [0.05, 0.1) is 10.4 Å². The van der Waals surface area contributed by atoms with Crippen LogP contribution >= 0.6 is 11.9 Å². The third-order valence-corrected chi connectivity index (χ3v) is 8.29. The Morgan fingerprint density at radius 1 is 1.32 bits per heavy atom.